The second kappa shape index (κ2) is 12.5. The Morgan fingerprint density at radius 2 is 2.15 bits per heavy atom. The average Bonchev–Trinajstić information content (AvgIpc) is 3.33. The van der Waals surface area contributed by atoms with Crippen molar-refractivity contribution in [2.24, 2.45) is 0 Å². The Labute approximate surface area is 199 Å². The van der Waals surface area contributed by atoms with E-state index in [1.165, 1.54) is 0 Å². The number of hydrogen-bond donors (Lipinski definition) is 2. The lowest BCUT2D eigenvalue weighted by molar-refractivity contribution is -0.150. The largest absolute Gasteiger partial charge is 0.493 e. The van der Waals surface area contributed by atoms with Crippen LogP contribution in [0.15, 0.2) is 24.3 Å². The topological polar surface area (TPSA) is 106 Å². The first-order valence-corrected chi connectivity index (χ1v) is 11.8. The summed E-state index contributed by atoms with van der Waals surface area (Å²) in [5, 5.41) is 5.50. The molecule has 1 aromatic rings. The summed E-state index contributed by atoms with van der Waals surface area (Å²) < 4.78 is 16.5. The molecule has 0 spiro atoms. The molecule has 0 aromatic heterocycles. The first-order chi connectivity index (χ1) is 16.0. The van der Waals surface area contributed by atoms with Crippen LogP contribution in [-0.2, 0) is 19.1 Å². The minimum atomic E-state index is -0.861. The number of para-hydroxylation sites is 1. The summed E-state index contributed by atoms with van der Waals surface area (Å²) >= 11 is 5.44. The molecule has 3 rings (SSSR count). The fourth-order valence-corrected chi connectivity index (χ4v) is 3.99. The number of esters is 1. The molecule has 2 amide bonds. The van der Waals surface area contributed by atoms with Gasteiger partial charge in [0.2, 0.25) is 5.91 Å². The van der Waals surface area contributed by atoms with Crippen molar-refractivity contribution in [2.45, 2.75) is 51.2 Å². The van der Waals surface area contributed by atoms with E-state index in [1.807, 2.05) is 0 Å². The van der Waals surface area contributed by atoms with Crippen LogP contribution in [0.25, 0.3) is 0 Å². The standard InChI is InChI=1S/C23H31N3O6S/c1-2-3-12-31-19-9-5-4-8-17(19)21(28)25-23(33)26-11-10-24-22(29)18(26)14-20(27)32-15-16-7-6-13-30-16/h4-5,8-9,16,18H,2-3,6-7,10-15H2,1H3,(H,24,29)(H,25,28,33). The van der Waals surface area contributed by atoms with Crippen LogP contribution in [0.3, 0.4) is 0 Å². The number of nitrogens with zero attached hydrogens (tertiary/aromatic N) is 1. The molecule has 0 bridgehead atoms. The molecular weight excluding hydrogens is 446 g/mol. The maximum Gasteiger partial charge on any atom is 0.308 e. The third-order valence-corrected chi connectivity index (χ3v) is 5.85. The summed E-state index contributed by atoms with van der Waals surface area (Å²) in [6, 6.07) is 6.06. The van der Waals surface area contributed by atoms with E-state index in [4.69, 9.17) is 26.4 Å². The van der Waals surface area contributed by atoms with Crippen molar-refractivity contribution in [2.75, 3.05) is 32.9 Å². The molecule has 180 valence electrons. The molecule has 2 atom stereocenters. The van der Waals surface area contributed by atoms with Gasteiger partial charge in [0.1, 0.15) is 18.4 Å². The van der Waals surface area contributed by atoms with Gasteiger partial charge in [0, 0.05) is 19.7 Å². The van der Waals surface area contributed by atoms with E-state index in [2.05, 4.69) is 17.6 Å². The van der Waals surface area contributed by atoms with Crippen molar-refractivity contribution in [1.82, 2.24) is 15.5 Å². The Morgan fingerprint density at radius 3 is 2.91 bits per heavy atom. The summed E-state index contributed by atoms with van der Waals surface area (Å²) in [5.41, 5.74) is 0.352. The van der Waals surface area contributed by atoms with E-state index in [1.54, 1.807) is 29.2 Å². The predicted octanol–water partition coefficient (Wildman–Crippen LogP) is 1.79. The zero-order valence-electron chi connectivity index (χ0n) is 18.8. The van der Waals surface area contributed by atoms with Gasteiger partial charge >= 0.3 is 5.97 Å². The first-order valence-electron chi connectivity index (χ1n) is 11.4. The summed E-state index contributed by atoms with van der Waals surface area (Å²) in [6.07, 6.45) is 3.38. The summed E-state index contributed by atoms with van der Waals surface area (Å²) in [5.74, 6) is -0.814. The molecule has 0 saturated carbocycles. The lowest BCUT2D eigenvalue weighted by Gasteiger charge is -2.36. The van der Waals surface area contributed by atoms with Crippen molar-refractivity contribution in [3.8, 4) is 5.75 Å². The lowest BCUT2D eigenvalue weighted by Crippen LogP contribution is -2.60. The van der Waals surface area contributed by atoms with Gasteiger partial charge in [-0.25, -0.2) is 0 Å². The van der Waals surface area contributed by atoms with E-state index >= 15 is 0 Å². The van der Waals surface area contributed by atoms with Crippen LogP contribution in [0.5, 0.6) is 5.75 Å². The van der Waals surface area contributed by atoms with E-state index in [-0.39, 0.29) is 30.2 Å². The molecule has 2 unspecified atom stereocenters. The van der Waals surface area contributed by atoms with Crippen molar-refractivity contribution >= 4 is 35.1 Å². The molecule has 10 heteroatoms. The van der Waals surface area contributed by atoms with Crippen molar-refractivity contribution in [1.29, 1.82) is 0 Å². The van der Waals surface area contributed by atoms with E-state index in [0.29, 0.717) is 37.6 Å². The SMILES string of the molecule is CCCCOc1ccccc1C(=O)NC(=S)N1CCNC(=O)C1CC(=O)OCC1CCCO1. The maximum atomic E-state index is 12.9. The Kier molecular flexibility index (Phi) is 9.44. The quantitative estimate of drug-likeness (QED) is 0.315. The number of unbranched alkanes of at least 4 members (excludes halogenated alkanes) is 1. The summed E-state index contributed by atoms with van der Waals surface area (Å²) in [6.45, 7) is 4.12. The lowest BCUT2D eigenvalue weighted by atomic mass is 10.1. The van der Waals surface area contributed by atoms with Crippen LogP contribution in [0.4, 0.5) is 0 Å². The molecule has 0 aliphatic carbocycles. The van der Waals surface area contributed by atoms with Crippen molar-refractivity contribution < 1.29 is 28.6 Å². The highest BCUT2D eigenvalue weighted by molar-refractivity contribution is 7.80. The second-order valence-electron chi connectivity index (χ2n) is 7.98. The Morgan fingerprint density at radius 1 is 1.33 bits per heavy atom. The van der Waals surface area contributed by atoms with Crippen LogP contribution in [0, 0.1) is 0 Å². The minimum Gasteiger partial charge on any atom is -0.493 e. The van der Waals surface area contributed by atoms with Gasteiger partial charge in [0.05, 0.1) is 24.7 Å². The van der Waals surface area contributed by atoms with Gasteiger partial charge < -0.3 is 24.4 Å². The summed E-state index contributed by atoms with van der Waals surface area (Å²) in [7, 11) is 0. The molecule has 2 aliphatic rings. The fourth-order valence-electron chi connectivity index (χ4n) is 3.68. The van der Waals surface area contributed by atoms with Gasteiger partial charge in [-0.15, -0.1) is 0 Å². The highest BCUT2D eigenvalue weighted by Gasteiger charge is 2.34. The van der Waals surface area contributed by atoms with Crippen LogP contribution >= 0.6 is 12.2 Å². The molecule has 0 radical (unpaired) electrons. The van der Waals surface area contributed by atoms with Gasteiger partial charge in [-0.05, 0) is 43.6 Å². The van der Waals surface area contributed by atoms with Crippen molar-refractivity contribution in [3.05, 3.63) is 29.8 Å². The number of thiocarbonyl (C=S) groups is 1. The number of carbonyl (C=O) groups is 3. The third-order valence-electron chi connectivity index (χ3n) is 5.51. The molecule has 33 heavy (non-hydrogen) atoms. The van der Waals surface area contributed by atoms with Gasteiger partial charge in [-0.3, -0.25) is 19.7 Å². The van der Waals surface area contributed by atoms with E-state index in [0.717, 1.165) is 25.7 Å². The monoisotopic (exact) mass is 477 g/mol. The number of hydrogen-bond acceptors (Lipinski definition) is 7. The maximum absolute atomic E-state index is 12.9. The zero-order valence-corrected chi connectivity index (χ0v) is 19.7. The molecule has 2 N–H and O–H groups in total. The highest BCUT2D eigenvalue weighted by atomic mass is 32.1. The molecule has 9 nitrogen and oxygen atoms in total. The molecule has 1 aromatic carbocycles. The number of piperazine rings is 1. The second-order valence-corrected chi connectivity index (χ2v) is 8.37. The van der Waals surface area contributed by atoms with Crippen LogP contribution in [0.1, 0.15) is 49.4 Å². The highest BCUT2D eigenvalue weighted by Crippen LogP contribution is 2.19. The van der Waals surface area contributed by atoms with Crippen LogP contribution in [-0.4, -0.2) is 72.9 Å². The predicted molar refractivity (Wildman–Crippen MR) is 125 cm³/mol. The normalized spacial score (nSPS) is 20.2. The van der Waals surface area contributed by atoms with E-state index < -0.39 is 17.9 Å². The molecular formula is C23H31N3O6S. The van der Waals surface area contributed by atoms with Crippen molar-refractivity contribution in [3.63, 3.8) is 0 Å². The summed E-state index contributed by atoms with van der Waals surface area (Å²) in [4.78, 5) is 39.3. The number of ether oxygens (including phenoxy) is 3. The number of amides is 2. The van der Waals surface area contributed by atoms with Gasteiger partial charge in [0.15, 0.2) is 5.11 Å². The molecule has 2 saturated heterocycles. The Hall–Kier alpha value is -2.72. The molecule has 2 fully saturated rings. The average molecular weight is 478 g/mol. The Bertz CT molecular complexity index is 858. The molecule has 2 heterocycles. The van der Waals surface area contributed by atoms with Gasteiger partial charge in [-0.2, -0.15) is 0 Å². The van der Waals surface area contributed by atoms with E-state index in [9.17, 15) is 14.4 Å². The number of rotatable bonds is 9. The molecule has 2 aliphatic heterocycles. The zero-order chi connectivity index (χ0) is 23.6. The fraction of sp³-hybridized carbons (Fsp3) is 0.565. The number of benzene rings is 1. The third kappa shape index (κ3) is 7.13. The van der Waals surface area contributed by atoms with Gasteiger partial charge in [-0.1, -0.05) is 25.5 Å². The number of carbonyl (C=O) groups excluding carboxylic acids is 3. The van der Waals surface area contributed by atoms with Crippen LogP contribution in [0.2, 0.25) is 0 Å². The smallest absolute Gasteiger partial charge is 0.308 e. The number of nitrogens with one attached hydrogen (secondary N) is 2. The minimum absolute atomic E-state index is 0.0788. The van der Waals surface area contributed by atoms with Crippen LogP contribution < -0.4 is 15.4 Å². The first kappa shape index (κ1) is 24.9. The van der Waals surface area contributed by atoms with Gasteiger partial charge in [0.25, 0.3) is 5.91 Å². The Balaban J connectivity index is 1.60.